The molecule has 0 unspecified atom stereocenters. The van der Waals surface area contributed by atoms with Gasteiger partial charge in [-0.15, -0.1) is 0 Å². The molecule has 1 aromatic carbocycles. The molecule has 4 atom stereocenters. The van der Waals surface area contributed by atoms with Crippen molar-refractivity contribution in [3.8, 4) is 0 Å². The predicted octanol–water partition coefficient (Wildman–Crippen LogP) is 4.56. The molecule has 1 nitrogen and oxygen atoms in total. The standard InChI is InChI=1S/C17H25N/c1-12-15-10-13(16(12,2)3)11-17(15,4)18-14-8-6-5-7-9-14/h5-9,12-13,15,18H,10-11H2,1-4H3/t12-,13+,15+,17+/m0/s1. The average molecular weight is 243 g/mol. The number of fused-ring (bicyclic) bond motifs is 2. The second-order valence-corrected chi connectivity index (χ2v) is 7.26. The Morgan fingerprint density at radius 1 is 1.11 bits per heavy atom. The predicted molar refractivity (Wildman–Crippen MR) is 77.6 cm³/mol. The van der Waals surface area contributed by atoms with E-state index >= 15 is 0 Å². The van der Waals surface area contributed by atoms with Crippen molar-refractivity contribution in [1.82, 2.24) is 0 Å². The Labute approximate surface area is 111 Å². The fourth-order valence-corrected chi connectivity index (χ4v) is 4.52. The van der Waals surface area contributed by atoms with Gasteiger partial charge in [0.15, 0.2) is 0 Å². The summed E-state index contributed by atoms with van der Waals surface area (Å²) in [6.07, 6.45) is 2.73. The molecule has 2 aliphatic rings. The van der Waals surface area contributed by atoms with Gasteiger partial charge in [0.2, 0.25) is 0 Å². The molecule has 0 aromatic heterocycles. The Hall–Kier alpha value is -0.980. The van der Waals surface area contributed by atoms with Gasteiger partial charge in [-0.3, -0.25) is 0 Å². The van der Waals surface area contributed by atoms with Crippen LogP contribution in [0.5, 0.6) is 0 Å². The van der Waals surface area contributed by atoms with Crippen LogP contribution in [0.2, 0.25) is 0 Å². The lowest BCUT2D eigenvalue weighted by Gasteiger charge is -2.46. The second-order valence-electron chi connectivity index (χ2n) is 7.26. The highest BCUT2D eigenvalue weighted by molar-refractivity contribution is 5.46. The van der Waals surface area contributed by atoms with E-state index in [9.17, 15) is 0 Å². The highest BCUT2D eigenvalue weighted by Crippen LogP contribution is 2.63. The van der Waals surface area contributed by atoms with Crippen molar-refractivity contribution in [3.05, 3.63) is 30.3 Å². The summed E-state index contributed by atoms with van der Waals surface area (Å²) in [5.74, 6) is 2.52. The summed E-state index contributed by atoms with van der Waals surface area (Å²) in [6, 6.07) is 10.7. The smallest absolute Gasteiger partial charge is 0.0379 e. The molecule has 18 heavy (non-hydrogen) atoms. The number of rotatable bonds is 2. The van der Waals surface area contributed by atoms with Crippen molar-refractivity contribution in [2.45, 2.75) is 46.1 Å². The van der Waals surface area contributed by atoms with Crippen LogP contribution in [0, 0.1) is 23.2 Å². The van der Waals surface area contributed by atoms with Crippen molar-refractivity contribution in [1.29, 1.82) is 0 Å². The molecule has 0 aliphatic heterocycles. The van der Waals surface area contributed by atoms with Crippen LogP contribution < -0.4 is 5.32 Å². The van der Waals surface area contributed by atoms with E-state index in [-0.39, 0.29) is 0 Å². The normalized spacial score (nSPS) is 41.0. The Morgan fingerprint density at radius 3 is 2.33 bits per heavy atom. The Bertz CT molecular complexity index is 432. The first-order valence-corrected chi connectivity index (χ1v) is 7.27. The molecule has 0 saturated heterocycles. The number of para-hydroxylation sites is 1. The lowest BCUT2D eigenvalue weighted by molar-refractivity contribution is 0.0955. The lowest BCUT2D eigenvalue weighted by Crippen LogP contribution is -2.48. The quantitative estimate of drug-likeness (QED) is 0.803. The molecule has 98 valence electrons. The van der Waals surface area contributed by atoms with Crippen LogP contribution in [0.4, 0.5) is 5.69 Å². The third kappa shape index (κ3) is 1.60. The fraction of sp³-hybridized carbons (Fsp3) is 0.647. The van der Waals surface area contributed by atoms with Gasteiger partial charge in [-0.05, 0) is 55.1 Å². The van der Waals surface area contributed by atoms with Crippen molar-refractivity contribution < 1.29 is 0 Å². The van der Waals surface area contributed by atoms with Gasteiger partial charge in [0, 0.05) is 11.2 Å². The lowest BCUT2D eigenvalue weighted by atomic mass is 9.64. The molecule has 2 aliphatic carbocycles. The van der Waals surface area contributed by atoms with Crippen LogP contribution in [-0.2, 0) is 0 Å². The van der Waals surface area contributed by atoms with Gasteiger partial charge in [0.05, 0.1) is 0 Å². The maximum atomic E-state index is 3.82. The average Bonchev–Trinajstić information content (AvgIpc) is 2.76. The van der Waals surface area contributed by atoms with Gasteiger partial charge in [-0.2, -0.15) is 0 Å². The minimum absolute atomic E-state index is 0.293. The van der Waals surface area contributed by atoms with Crippen molar-refractivity contribution >= 4 is 5.69 Å². The largest absolute Gasteiger partial charge is 0.380 e. The summed E-state index contributed by atoms with van der Waals surface area (Å²) in [5, 5.41) is 3.82. The van der Waals surface area contributed by atoms with E-state index in [1.807, 2.05) is 0 Å². The number of hydrogen-bond acceptors (Lipinski definition) is 1. The number of nitrogens with one attached hydrogen (secondary N) is 1. The summed E-state index contributed by atoms with van der Waals surface area (Å²) in [4.78, 5) is 0. The maximum Gasteiger partial charge on any atom is 0.0379 e. The maximum absolute atomic E-state index is 3.82. The highest BCUT2D eigenvalue weighted by Gasteiger charge is 2.59. The molecule has 1 N–H and O–H groups in total. The zero-order valence-corrected chi connectivity index (χ0v) is 12.0. The van der Waals surface area contributed by atoms with Gasteiger partial charge < -0.3 is 5.32 Å². The molecular weight excluding hydrogens is 218 g/mol. The van der Waals surface area contributed by atoms with Crippen LogP contribution in [0.3, 0.4) is 0 Å². The van der Waals surface area contributed by atoms with Crippen LogP contribution in [-0.4, -0.2) is 5.54 Å². The zero-order valence-electron chi connectivity index (χ0n) is 12.0. The molecule has 3 rings (SSSR count). The van der Waals surface area contributed by atoms with Gasteiger partial charge in [-0.1, -0.05) is 39.0 Å². The third-order valence-corrected chi connectivity index (χ3v) is 6.06. The summed E-state index contributed by atoms with van der Waals surface area (Å²) in [5.41, 5.74) is 2.10. The third-order valence-electron chi connectivity index (χ3n) is 6.06. The first kappa shape index (κ1) is 12.1. The Balaban J connectivity index is 1.83. The van der Waals surface area contributed by atoms with E-state index < -0.39 is 0 Å². The monoisotopic (exact) mass is 243 g/mol. The number of hydrogen-bond donors (Lipinski definition) is 1. The SMILES string of the molecule is C[C@H]1[C@H]2C[C@H](C[C@@]2(C)Nc2ccccc2)C1(C)C. The van der Waals surface area contributed by atoms with Gasteiger partial charge >= 0.3 is 0 Å². The van der Waals surface area contributed by atoms with Crippen LogP contribution >= 0.6 is 0 Å². The zero-order chi connectivity index (χ0) is 13.0. The molecule has 2 saturated carbocycles. The number of anilines is 1. The molecule has 0 amide bonds. The summed E-state index contributed by atoms with van der Waals surface area (Å²) >= 11 is 0. The van der Waals surface area contributed by atoms with Crippen molar-refractivity contribution in [3.63, 3.8) is 0 Å². The fourth-order valence-electron chi connectivity index (χ4n) is 4.52. The first-order chi connectivity index (χ1) is 8.43. The molecule has 0 heterocycles. The Kier molecular flexibility index (Phi) is 2.52. The van der Waals surface area contributed by atoms with E-state index in [2.05, 4.69) is 63.3 Å². The minimum Gasteiger partial charge on any atom is -0.380 e. The minimum atomic E-state index is 0.293. The van der Waals surface area contributed by atoms with Crippen LogP contribution in [0.1, 0.15) is 40.5 Å². The topological polar surface area (TPSA) is 12.0 Å². The second kappa shape index (κ2) is 3.76. The van der Waals surface area contributed by atoms with E-state index in [0.29, 0.717) is 11.0 Å². The van der Waals surface area contributed by atoms with E-state index in [0.717, 1.165) is 17.8 Å². The molecule has 2 fully saturated rings. The van der Waals surface area contributed by atoms with Crippen LogP contribution in [0.15, 0.2) is 30.3 Å². The molecule has 1 heteroatoms. The summed E-state index contributed by atoms with van der Waals surface area (Å²) < 4.78 is 0. The van der Waals surface area contributed by atoms with E-state index in [4.69, 9.17) is 0 Å². The molecule has 0 radical (unpaired) electrons. The molecule has 2 bridgehead atoms. The van der Waals surface area contributed by atoms with Gasteiger partial charge in [-0.25, -0.2) is 0 Å². The highest BCUT2D eigenvalue weighted by atomic mass is 15.0. The summed E-state index contributed by atoms with van der Waals surface area (Å²) in [7, 11) is 0. The Morgan fingerprint density at radius 2 is 1.78 bits per heavy atom. The van der Waals surface area contributed by atoms with Gasteiger partial charge in [0.1, 0.15) is 0 Å². The number of benzene rings is 1. The van der Waals surface area contributed by atoms with Gasteiger partial charge in [0.25, 0.3) is 0 Å². The summed E-state index contributed by atoms with van der Waals surface area (Å²) in [6.45, 7) is 9.81. The van der Waals surface area contributed by atoms with Crippen molar-refractivity contribution in [2.75, 3.05) is 5.32 Å². The van der Waals surface area contributed by atoms with E-state index in [1.165, 1.54) is 18.5 Å². The molecule has 0 spiro atoms. The first-order valence-electron chi connectivity index (χ1n) is 7.27. The molecule has 1 aromatic rings. The van der Waals surface area contributed by atoms with Crippen molar-refractivity contribution in [2.24, 2.45) is 23.2 Å². The van der Waals surface area contributed by atoms with Crippen LogP contribution in [0.25, 0.3) is 0 Å². The van der Waals surface area contributed by atoms with E-state index in [1.54, 1.807) is 0 Å². The molecular formula is C17H25N.